The molecule has 252 valence electrons. The molecule has 0 heterocycles. The van der Waals surface area contributed by atoms with Gasteiger partial charge in [-0.15, -0.1) is 0 Å². The minimum Gasteiger partial charge on any atom is -0.550 e. The first-order valence-corrected chi connectivity index (χ1v) is 17.9. The van der Waals surface area contributed by atoms with Crippen molar-refractivity contribution in [1.82, 2.24) is 0 Å². The van der Waals surface area contributed by atoms with Gasteiger partial charge in [-0.2, -0.15) is 0 Å². The molecule has 0 bridgehead atoms. The molecule has 0 saturated carbocycles. The summed E-state index contributed by atoms with van der Waals surface area (Å²) in [6.07, 6.45) is 33.5. The van der Waals surface area contributed by atoms with E-state index in [1.165, 1.54) is 135 Å². The molecule has 0 aromatic heterocycles. The number of carbonyl (C=O) groups excluding carboxylic acids is 3. The van der Waals surface area contributed by atoms with Gasteiger partial charge in [-0.3, -0.25) is 0 Å². The third kappa shape index (κ3) is 65.4. The Bertz CT molecular complexity index is 487. The molecule has 6 nitrogen and oxygen atoms in total. The molecule has 0 saturated heterocycles. The van der Waals surface area contributed by atoms with Crippen LogP contribution in [0.2, 0.25) is 0 Å². The van der Waals surface area contributed by atoms with Crippen LogP contribution in [0.3, 0.4) is 0 Å². The van der Waals surface area contributed by atoms with Gasteiger partial charge in [0.1, 0.15) is 0 Å². The molecule has 0 aliphatic rings. The first-order chi connectivity index (χ1) is 20.3. The van der Waals surface area contributed by atoms with Crippen molar-refractivity contribution < 1.29 is 101 Å². The molecule has 44 heavy (non-hydrogen) atoms. The van der Waals surface area contributed by atoms with Crippen LogP contribution < -0.4 is 66.7 Å². The summed E-state index contributed by atoms with van der Waals surface area (Å²) < 4.78 is 0. The van der Waals surface area contributed by atoms with E-state index in [4.69, 9.17) is 0 Å². The maximum absolute atomic E-state index is 10.1. The first kappa shape index (κ1) is 54.1. The molecule has 0 fully saturated rings. The van der Waals surface area contributed by atoms with Gasteiger partial charge in [0, 0.05) is 17.9 Å². The van der Waals surface area contributed by atoms with Gasteiger partial charge >= 0.3 is 70.9 Å². The maximum atomic E-state index is 10.1. The van der Waals surface area contributed by atoms with Crippen molar-refractivity contribution >= 4 is 17.9 Å². The SMILES string of the molecule is CCCCCCCCCCCC(=O)[O-].CCCCCCCCCCCC(=O)[O-].CCCCCCCCCCCC(=O)[O-].[K+].[Zn+2]. The zero-order valence-electron chi connectivity index (χ0n) is 29.9. The van der Waals surface area contributed by atoms with Crippen LogP contribution in [-0.2, 0) is 33.9 Å². The fourth-order valence-corrected chi connectivity index (χ4v) is 4.74. The van der Waals surface area contributed by atoms with Crippen molar-refractivity contribution in [2.75, 3.05) is 0 Å². The second-order valence-electron chi connectivity index (χ2n) is 11.9. The Kier molecular flexibility index (Phi) is 62.2. The standard InChI is InChI=1S/3C12H24O2.K.Zn/c3*1-2-3-4-5-6-7-8-9-10-11-12(13)14;;/h3*2-11H2,1H3,(H,13,14);;/q;;;+1;+2/p-3. The molecule has 0 aliphatic carbocycles. The molecule has 0 rings (SSSR count). The van der Waals surface area contributed by atoms with Gasteiger partial charge in [0.2, 0.25) is 0 Å². The molecule has 0 amide bonds. The number of hydrogen-bond donors (Lipinski definition) is 0. The molecule has 8 heteroatoms. The van der Waals surface area contributed by atoms with E-state index < -0.39 is 17.9 Å². The minimum absolute atomic E-state index is 0. The van der Waals surface area contributed by atoms with Crippen molar-refractivity contribution in [3.8, 4) is 0 Å². The van der Waals surface area contributed by atoms with Gasteiger partial charge in [0.05, 0.1) is 0 Å². The summed E-state index contributed by atoms with van der Waals surface area (Å²) in [4.78, 5) is 30.3. The normalized spacial score (nSPS) is 9.89. The van der Waals surface area contributed by atoms with Gasteiger partial charge in [0.15, 0.2) is 0 Å². The van der Waals surface area contributed by atoms with E-state index in [0.29, 0.717) is 0 Å². The van der Waals surface area contributed by atoms with Crippen LogP contribution in [0, 0.1) is 0 Å². The molecular formula is C36H69KO6Zn. The first-order valence-electron chi connectivity index (χ1n) is 17.9. The van der Waals surface area contributed by atoms with Gasteiger partial charge < -0.3 is 29.7 Å². The average molecular weight is 702 g/mol. The van der Waals surface area contributed by atoms with Gasteiger partial charge in [-0.05, 0) is 38.5 Å². The summed E-state index contributed by atoms with van der Waals surface area (Å²) in [5.74, 6) is -2.73. The smallest absolute Gasteiger partial charge is 0.550 e. The van der Waals surface area contributed by atoms with E-state index in [0.717, 1.165) is 38.5 Å². The van der Waals surface area contributed by atoms with E-state index >= 15 is 0 Å². The van der Waals surface area contributed by atoms with Gasteiger partial charge in [-0.1, -0.05) is 175 Å². The second-order valence-corrected chi connectivity index (χ2v) is 11.9. The quantitative estimate of drug-likeness (QED) is 0.0771. The number of carboxylic acids is 3. The number of rotatable bonds is 30. The number of carbonyl (C=O) groups is 3. The van der Waals surface area contributed by atoms with E-state index in [-0.39, 0.29) is 90.1 Å². The molecule has 0 aliphatic heterocycles. The third-order valence-electron chi connectivity index (χ3n) is 7.45. The van der Waals surface area contributed by atoms with E-state index in [9.17, 15) is 29.7 Å². The van der Waals surface area contributed by atoms with Crippen LogP contribution in [-0.4, -0.2) is 17.9 Å². The second kappa shape index (κ2) is 50.5. The minimum atomic E-state index is -0.909. The van der Waals surface area contributed by atoms with Crippen LogP contribution >= 0.6 is 0 Å². The van der Waals surface area contributed by atoms with Crippen molar-refractivity contribution in [3.63, 3.8) is 0 Å². The topological polar surface area (TPSA) is 120 Å². The Hall–Kier alpha value is 0.670. The summed E-state index contributed by atoms with van der Waals surface area (Å²) in [5, 5.41) is 30.3. The molecule has 0 spiro atoms. The Morgan fingerprint density at radius 2 is 0.455 bits per heavy atom. The van der Waals surface area contributed by atoms with Crippen molar-refractivity contribution in [3.05, 3.63) is 0 Å². The van der Waals surface area contributed by atoms with Crippen molar-refractivity contribution in [2.24, 2.45) is 0 Å². The van der Waals surface area contributed by atoms with Crippen LogP contribution in [0.25, 0.3) is 0 Å². The molecule has 0 N–H and O–H groups in total. The summed E-state index contributed by atoms with van der Waals surface area (Å²) in [6.45, 7) is 6.67. The number of hydrogen-bond acceptors (Lipinski definition) is 6. The monoisotopic (exact) mass is 700 g/mol. The maximum Gasteiger partial charge on any atom is 2.00 e. The van der Waals surface area contributed by atoms with Crippen molar-refractivity contribution in [2.45, 2.75) is 213 Å². The number of aliphatic carboxylic acids is 3. The van der Waals surface area contributed by atoms with Crippen LogP contribution in [0.5, 0.6) is 0 Å². The predicted octanol–water partition coefficient (Wildman–Crippen LogP) is 4.97. The Morgan fingerprint density at radius 1 is 0.318 bits per heavy atom. The summed E-state index contributed by atoms with van der Waals surface area (Å²) in [7, 11) is 0. The van der Waals surface area contributed by atoms with E-state index in [1.54, 1.807) is 0 Å². The molecular weight excluding hydrogens is 633 g/mol. The summed E-state index contributed by atoms with van der Waals surface area (Å²) in [5.41, 5.74) is 0. The van der Waals surface area contributed by atoms with Crippen LogP contribution in [0.4, 0.5) is 0 Å². The summed E-state index contributed by atoms with van der Waals surface area (Å²) in [6, 6.07) is 0. The Labute approximate surface area is 328 Å². The van der Waals surface area contributed by atoms with E-state index in [1.807, 2.05) is 0 Å². The number of unbranched alkanes of at least 4 members (excludes halogenated alkanes) is 24. The molecule has 0 aromatic rings. The predicted molar refractivity (Wildman–Crippen MR) is 171 cm³/mol. The van der Waals surface area contributed by atoms with Gasteiger partial charge in [0.25, 0.3) is 0 Å². The Balaban J connectivity index is -0.000000169. The third-order valence-corrected chi connectivity index (χ3v) is 7.45. The largest absolute Gasteiger partial charge is 2.00 e. The average Bonchev–Trinajstić information content (AvgIpc) is 2.95. The number of carboxylic acid groups (broad SMARTS) is 3. The molecule has 0 unspecified atom stereocenters. The zero-order valence-corrected chi connectivity index (χ0v) is 36.0. The zero-order chi connectivity index (χ0) is 31.9. The molecule has 0 radical (unpaired) electrons. The van der Waals surface area contributed by atoms with Crippen LogP contribution in [0.1, 0.15) is 213 Å². The van der Waals surface area contributed by atoms with Crippen molar-refractivity contribution in [1.29, 1.82) is 0 Å². The Morgan fingerprint density at radius 3 is 0.591 bits per heavy atom. The fraction of sp³-hybridized carbons (Fsp3) is 0.917. The van der Waals surface area contributed by atoms with Gasteiger partial charge in [-0.25, -0.2) is 0 Å². The molecule has 0 atom stereocenters. The summed E-state index contributed by atoms with van der Waals surface area (Å²) >= 11 is 0. The van der Waals surface area contributed by atoms with E-state index in [2.05, 4.69) is 20.8 Å². The fourth-order valence-electron chi connectivity index (χ4n) is 4.74. The van der Waals surface area contributed by atoms with Crippen LogP contribution in [0.15, 0.2) is 0 Å². The molecule has 0 aromatic carbocycles.